The minimum Gasteiger partial charge on any atom is -0.447 e. The van der Waals surface area contributed by atoms with E-state index in [9.17, 15) is 18.0 Å². The van der Waals surface area contributed by atoms with Gasteiger partial charge in [-0.1, -0.05) is 103 Å². The molecule has 10 heteroatoms. The molecule has 0 saturated heterocycles. The highest BCUT2D eigenvalue weighted by atomic mass is 35.5. The molecule has 37 heavy (non-hydrogen) atoms. The van der Waals surface area contributed by atoms with E-state index in [2.05, 4.69) is 22.3 Å². The van der Waals surface area contributed by atoms with Crippen LogP contribution in [-0.2, 0) is 19.6 Å². The van der Waals surface area contributed by atoms with Crippen molar-refractivity contribution >= 4 is 33.6 Å². The molecule has 0 radical (unpaired) electrons. The van der Waals surface area contributed by atoms with Gasteiger partial charge in [0.1, 0.15) is 6.61 Å². The van der Waals surface area contributed by atoms with Crippen molar-refractivity contribution in [2.24, 2.45) is 0 Å². The summed E-state index contributed by atoms with van der Waals surface area (Å²) >= 11 is 5.54. The maximum Gasteiger partial charge on any atom is 0.407 e. The Morgan fingerprint density at radius 1 is 0.784 bits per heavy atom. The fourth-order valence-corrected chi connectivity index (χ4v) is 5.49. The molecular formula is C27H54ClN3O5S. The second-order valence-electron chi connectivity index (χ2n) is 9.94. The molecule has 1 unspecified atom stereocenters. The van der Waals surface area contributed by atoms with Gasteiger partial charge < -0.3 is 15.4 Å². The predicted octanol–water partition coefficient (Wildman–Crippen LogP) is 6.03. The van der Waals surface area contributed by atoms with Gasteiger partial charge in [0.2, 0.25) is 15.9 Å². The Morgan fingerprint density at radius 3 is 1.73 bits per heavy atom. The Hall–Kier alpha value is -1.06. The Bertz CT molecular complexity index is 664. The van der Waals surface area contributed by atoms with Crippen LogP contribution in [0.15, 0.2) is 0 Å². The molecule has 0 saturated carbocycles. The fourth-order valence-electron chi connectivity index (χ4n) is 4.07. The van der Waals surface area contributed by atoms with Gasteiger partial charge in [0, 0.05) is 25.9 Å². The third-order valence-corrected chi connectivity index (χ3v) is 7.92. The number of unbranched alkanes of at least 4 members (excludes halogenated alkanes) is 15. The zero-order valence-corrected chi connectivity index (χ0v) is 25.0. The summed E-state index contributed by atoms with van der Waals surface area (Å²) in [5.41, 5.74) is 0. The average molecular weight is 568 g/mol. The zero-order valence-electron chi connectivity index (χ0n) is 23.5. The monoisotopic (exact) mass is 567 g/mol. The number of hydrogen-bond acceptors (Lipinski definition) is 5. The lowest BCUT2D eigenvalue weighted by molar-refractivity contribution is -0.119. The molecule has 1 atom stereocenters. The summed E-state index contributed by atoms with van der Waals surface area (Å²) in [4.78, 5) is 23.3. The molecule has 0 rings (SSSR count). The Labute approximate surface area is 231 Å². The van der Waals surface area contributed by atoms with Gasteiger partial charge in [0.15, 0.2) is 0 Å². The molecule has 0 bridgehead atoms. The largest absolute Gasteiger partial charge is 0.447 e. The van der Waals surface area contributed by atoms with Crippen molar-refractivity contribution in [3.63, 3.8) is 0 Å². The van der Waals surface area contributed by atoms with Crippen molar-refractivity contribution in [2.45, 2.75) is 129 Å². The zero-order chi connectivity index (χ0) is 27.6. The van der Waals surface area contributed by atoms with Crippen molar-refractivity contribution in [3.05, 3.63) is 0 Å². The quantitative estimate of drug-likeness (QED) is 0.0872. The molecule has 0 aromatic heterocycles. The van der Waals surface area contributed by atoms with E-state index in [1.54, 1.807) is 0 Å². The number of sulfonamides is 1. The van der Waals surface area contributed by atoms with Gasteiger partial charge in [-0.15, -0.1) is 11.6 Å². The van der Waals surface area contributed by atoms with Gasteiger partial charge in [-0.2, -0.15) is 0 Å². The number of halogens is 1. The van der Waals surface area contributed by atoms with E-state index in [0.29, 0.717) is 13.0 Å². The lowest BCUT2D eigenvalue weighted by atomic mass is 10.0. The highest BCUT2D eigenvalue weighted by Crippen LogP contribution is 2.13. The topological polar surface area (TPSA) is 114 Å². The van der Waals surface area contributed by atoms with E-state index in [1.807, 2.05) is 0 Å². The summed E-state index contributed by atoms with van der Waals surface area (Å²) in [6, 6.07) is -0.649. The lowest BCUT2D eigenvalue weighted by Crippen LogP contribution is -2.47. The SMILES string of the molecule is CCCCCCCCCCCCCCCCCCNC(=O)OCC(CNS(=O)(=O)CCCCl)NC(C)=O. The standard InChI is InChI=1S/C27H54ClN3O5S/c1-3-4-5-6-7-8-9-10-11-12-13-14-15-16-17-18-21-29-27(33)36-24-26(31-25(2)32)23-30-37(34,35)22-19-20-28/h26,30H,3-24H2,1-2H3,(H,29,33)(H,31,32). The van der Waals surface area contributed by atoms with Crippen molar-refractivity contribution < 1.29 is 22.7 Å². The number of rotatable bonds is 26. The van der Waals surface area contributed by atoms with Gasteiger partial charge in [-0.25, -0.2) is 17.9 Å². The Kier molecular flexibility index (Phi) is 24.5. The lowest BCUT2D eigenvalue weighted by Gasteiger charge is -2.18. The van der Waals surface area contributed by atoms with Crippen molar-refractivity contribution in [1.29, 1.82) is 0 Å². The number of carbonyl (C=O) groups excluding carboxylic acids is 2. The van der Waals surface area contributed by atoms with Crippen LogP contribution in [0.25, 0.3) is 0 Å². The number of ether oxygens (including phenoxy) is 1. The summed E-state index contributed by atoms with van der Waals surface area (Å²) < 4.78 is 31.4. The number of alkyl halides is 1. The van der Waals surface area contributed by atoms with Crippen LogP contribution < -0.4 is 15.4 Å². The number of carbonyl (C=O) groups is 2. The van der Waals surface area contributed by atoms with E-state index in [1.165, 1.54) is 96.8 Å². The molecule has 0 aliphatic carbocycles. The van der Waals surface area contributed by atoms with E-state index in [-0.39, 0.29) is 30.7 Å². The molecule has 0 aromatic rings. The molecule has 2 amide bonds. The molecule has 220 valence electrons. The number of hydrogen-bond donors (Lipinski definition) is 3. The first-order chi connectivity index (χ1) is 17.8. The molecule has 0 aromatic carbocycles. The summed E-state index contributed by atoms with van der Waals surface area (Å²) in [5, 5.41) is 5.31. The average Bonchev–Trinajstić information content (AvgIpc) is 2.86. The fraction of sp³-hybridized carbons (Fsp3) is 0.926. The molecule has 8 nitrogen and oxygen atoms in total. The Morgan fingerprint density at radius 2 is 1.27 bits per heavy atom. The molecule has 0 heterocycles. The van der Waals surface area contributed by atoms with Crippen LogP contribution >= 0.6 is 11.6 Å². The van der Waals surface area contributed by atoms with Gasteiger partial charge in [-0.05, 0) is 12.8 Å². The summed E-state index contributed by atoms with van der Waals surface area (Å²) in [6.07, 6.45) is 20.5. The third-order valence-electron chi connectivity index (χ3n) is 6.22. The second kappa shape index (κ2) is 25.2. The minimum absolute atomic E-state index is 0.0589. The van der Waals surface area contributed by atoms with Gasteiger partial charge >= 0.3 is 6.09 Å². The first-order valence-electron chi connectivity index (χ1n) is 14.5. The van der Waals surface area contributed by atoms with E-state index in [0.717, 1.165) is 12.8 Å². The van der Waals surface area contributed by atoms with Crippen molar-refractivity contribution in [3.8, 4) is 0 Å². The third kappa shape index (κ3) is 26.3. The van der Waals surface area contributed by atoms with Crippen LogP contribution in [0.5, 0.6) is 0 Å². The molecule has 0 aliphatic heterocycles. The summed E-state index contributed by atoms with van der Waals surface area (Å²) in [5.74, 6) is -0.176. The second-order valence-corrected chi connectivity index (χ2v) is 12.2. The normalized spacial score (nSPS) is 12.3. The highest BCUT2D eigenvalue weighted by molar-refractivity contribution is 7.89. The van der Waals surface area contributed by atoms with E-state index < -0.39 is 22.2 Å². The first-order valence-corrected chi connectivity index (χ1v) is 16.7. The smallest absolute Gasteiger partial charge is 0.407 e. The van der Waals surface area contributed by atoms with E-state index in [4.69, 9.17) is 16.3 Å². The molecule has 0 aliphatic rings. The maximum atomic E-state index is 11.9. The number of amides is 2. The van der Waals surface area contributed by atoms with Gasteiger partial charge in [0.05, 0.1) is 11.8 Å². The summed E-state index contributed by atoms with van der Waals surface area (Å²) in [7, 11) is -3.49. The van der Waals surface area contributed by atoms with Gasteiger partial charge in [0.25, 0.3) is 0 Å². The van der Waals surface area contributed by atoms with E-state index >= 15 is 0 Å². The van der Waals surface area contributed by atoms with Crippen molar-refractivity contribution in [2.75, 3.05) is 31.3 Å². The van der Waals surface area contributed by atoms with Crippen LogP contribution in [-0.4, -0.2) is 57.8 Å². The summed E-state index contributed by atoms with van der Waals surface area (Å²) in [6.45, 7) is 3.94. The van der Waals surface area contributed by atoms with Crippen LogP contribution in [0.2, 0.25) is 0 Å². The minimum atomic E-state index is -3.49. The molecule has 0 spiro atoms. The van der Waals surface area contributed by atoms with Crippen LogP contribution in [0.3, 0.4) is 0 Å². The first kappa shape index (κ1) is 35.9. The van der Waals surface area contributed by atoms with Crippen LogP contribution in [0.1, 0.15) is 123 Å². The van der Waals surface area contributed by atoms with Crippen molar-refractivity contribution in [1.82, 2.24) is 15.4 Å². The predicted molar refractivity (Wildman–Crippen MR) is 154 cm³/mol. The highest BCUT2D eigenvalue weighted by Gasteiger charge is 2.17. The number of nitrogens with one attached hydrogen (secondary N) is 3. The number of alkyl carbamates (subject to hydrolysis) is 1. The maximum absolute atomic E-state index is 11.9. The Balaban J connectivity index is 3.68. The molecular weight excluding hydrogens is 514 g/mol. The van der Waals surface area contributed by atoms with Crippen LogP contribution in [0.4, 0.5) is 4.79 Å². The molecule has 3 N–H and O–H groups in total. The van der Waals surface area contributed by atoms with Gasteiger partial charge in [-0.3, -0.25) is 4.79 Å². The van der Waals surface area contributed by atoms with Crippen LogP contribution in [0, 0.1) is 0 Å². The molecule has 0 fully saturated rings.